The van der Waals surface area contributed by atoms with Gasteiger partial charge in [0.25, 0.3) is 5.91 Å². The molecule has 0 spiro atoms. The van der Waals surface area contributed by atoms with Crippen LogP contribution in [0.15, 0.2) is 36.4 Å². The molecule has 1 aliphatic rings. The van der Waals surface area contributed by atoms with E-state index in [4.69, 9.17) is 0 Å². The van der Waals surface area contributed by atoms with Gasteiger partial charge < -0.3 is 15.1 Å². The van der Waals surface area contributed by atoms with E-state index in [0.717, 1.165) is 31.9 Å². The highest BCUT2D eigenvalue weighted by Gasteiger charge is 2.37. The fourth-order valence-corrected chi connectivity index (χ4v) is 3.33. The molecule has 1 heterocycles. The summed E-state index contributed by atoms with van der Waals surface area (Å²) in [7, 11) is 2.03. The van der Waals surface area contributed by atoms with Crippen molar-refractivity contribution in [3.63, 3.8) is 0 Å². The number of halogens is 6. The average Bonchev–Trinajstić information content (AvgIpc) is 2.68. The Balaban J connectivity index is 1.84. The van der Waals surface area contributed by atoms with E-state index in [-0.39, 0.29) is 6.07 Å². The van der Waals surface area contributed by atoms with Gasteiger partial charge >= 0.3 is 12.4 Å². The van der Waals surface area contributed by atoms with Crippen LogP contribution >= 0.6 is 0 Å². The molecule has 2 aromatic rings. The molecule has 10 heteroatoms. The minimum atomic E-state index is -5.02. The first-order valence-corrected chi connectivity index (χ1v) is 9.49. The van der Waals surface area contributed by atoms with Gasteiger partial charge in [0.05, 0.1) is 11.1 Å². The standard InChI is InChI=1S/C21H21F6N3O/c1-13-9-17(30-7-5-29(2)6-8-30)3-4-18(13)28-19(31)14-10-15(20(22,23)24)12-16(11-14)21(25,26)27/h3-4,9-12H,5-8H2,1-2H3,(H,28,31). The number of anilines is 2. The molecule has 2 aromatic carbocycles. The van der Waals surface area contributed by atoms with Crippen molar-refractivity contribution in [1.82, 2.24) is 4.90 Å². The number of amides is 1. The van der Waals surface area contributed by atoms with E-state index in [2.05, 4.69) is 15.1 Å². The molecule has 31 heavy (non-hydrogen) atoms. The van der Waals surface area contributed by atoms with Crippen molar-refractivity contribution in [2.75, 3.05) is 43.4 Å². The summed E-state index contributed by atoms with van der Waals surface area (Å²) >= 11 is 0. The number of hydrogen-bond acceptors (Lipinski definition) is 3. The molecule has 1 saturated heterocycles. The van der Waals surface area contributed by atoms with Crippen LogP contribution < -0.4 is 10.2 Å². The maximum absolute atomic E-state index is 13.0. The molecule has 0 bridgehead atoms. The number of aryl methyl sites for hydroxylation is 1. The Morgan fingerprint density at radius 1 is 0.871 bits per heavy atom. The predicted molar refractivity (Wildman–Crippen MR) is 105 cm³/mol. The third-order valence-electron chi connectivity index (χ3n) is 5.18. The van der Waals surface area contributed by atoms with Gasteiger partial charge in [-0.1, -0.05) is 0 Å². The summed E-state index contributed by atoms with van der Waals surface area (Å²) in [4.78, 5) is 16.8. The lowest BCUT2D eigenvalue weighted by Crippen LogP contribution is -2.44. The molecule has 0 unspecified atom stereocenters. The lowest BCUT2D eigenvalue weighted by Gasteiger charge is -2.34. The van der Waals surface area contributed by atoms with Crippen molar-refractivity contribution < 1.29 is 31.1 Å². The molecule has 1 N–H and O–H groups in total. The Kier molecular flexibility index (Phi) is 6.22. The zero-order valence-electron chi connectivity index (χ0n) is 16.9. The normalized spacial score (nSPS) is 15.8. The molecule has 0 saturated carbocycles. The molecular weight excluding hydrogens is 424 g/mol. The maximum atomic E-state index is 13.0. The quantitative estimate of drug-likeness (QED) is 0.673. The molecule has 1 amide bonds. The van der Waals surface area contributed by atoms with Gasteiger partial charge in [0.2, 0.25) is 0 Å². The number of benzene rings is 2. The van der Waals surface area contributed by atoms with E-state index in [1.807, 2.05) is 13.1 Å². The van der Waals surface area contributed by atoms with Crippen LogP contribution in [-0.4, -0.2) is 44.0 Å². The number of nitrogens with one attached hydrogen (secondary N) is 1. The van der Waals surface area contributed by atoms with Gasteiger partial charge in [0.1, 0.15) is 0 Å². The molecule has 4 nitrogen and oxygen atoms in total. The Morgan fingerprint density at radius 3 is 1.90 bits per heavy atom. The lowest BCUT2D eigenvalue weighted by atomic mass is 10.0. The van der Waals surface area contributed by atoms with Gasteiger partial charge in [-0.05, 0) is 55.9 Å². The van der Waals surface area contributed by atoms with Crippen molar-refractivity contribution >= 4 is 17.3 Å². The van der Waals surface area contributed by atoms with Crippen LogP contribution in [-0.2, 0) is 12.4 Å². The first-order chi connectivity index (χ1) is 14.3. The number of alkyl halides is 6. The van der Waals surface area contributed by atoms with Gasteiger partial charge in [0.15, 0.2) is 0 Å². The number of piperazine rings is 1. The molecule has 0 radical (unpaired) electrons. The third kappa shape index (κ3) is 5.49. The molecule has 0 atom stereocenters. The molecule has 1 fully saturated rings. The molecular formula is C21H21F6N3O. The highest BCUT2D eigenvalue weighted by molar-refractivity contribution is 6.05. The van der Waals surface area contributed by atoms with E-state index in [0.29, 0.717) is 23.4 Å². The number of nitrogens with zero attached hydrogens (tertiary/aromatic N) is 2. The van der Waals surface area contributed by atoms with Crippen molar-refractivity contribution in [2.24, 2.45) is 0 Å². The van der Waals surface area contributed by atoms with E-state index < -0.39 is 35.0 Å². The SMILES string of the molecule is Cc1cc(N2CCN(C)CC2)ccc1NC(=O)c1cc(C(F)(F)F)cc(C(F)(F)F)c1. The van der Waals surface area contributed by atoms with E-state index >= 15 is 0 Å². The second-order valence-electron chi connectivity index (χ2n) is 7.54. The summed E-state index contributed by atoms with van der Waals surface area (Å²) in [6.45, 7) is 5.16. The maximum Gasteiger partial charge on any atom is 0.416 e. The Labute approximate surface area is 175 Å². The first-order valence-electron chi connectivity index (χ1n) is 9.49. The minimum absolute atomic E-state index is 0.00707. The minimum Gasteiger partial charge on any atom is -0.369 e. The molecule has 1 aliphatic heterocycles. The van der Waals surface area contributed by atoms with Crippen LogP contribution in [0, 0.1) is 6.92 Å². The topological polar surface area (TPSA) is 35.6 Å². The zero-order valence-corrected chi connectivity index (χ0v) is 16.9. The van der Waals surface area contributed by atoms with Crippen LogP contribution in [0.5, 0.6) is 0 Å². The third-order valence-corrected chi connectivity index (χ3v) is 5.18. The summed E-state index contributed by atoms with van der Waals surface area (Å²) in [6, 6.07) is 6.01. The van der Waals surface area contributed by atoms with Crippen LogP contribution in [0.4, 0.5) is 37.7 Å². The summed E-state index contributed by atoms with van der Waals surface area (Å²) in [5.74, 6) is -1.05. The average molecular weight is 445 g/mol. The number of carbonyl (C=O) groups is 1. The van der Waals surface area contributed by atoms with Crippen LogP contribution in [0.25, 0.3) is 0 Å². The number of likely N-dealkylation sites (N-methyl/N-ethyl adjacent to an activating group) is 1. The van der Waals surface area contributed by atoms with E-state index in [1.54, 1.807) is 19.1 Å². The van der Waals surface area contributed by atoms with Gasteiger partial charge in [-0.15, -0.1) is 0 Å². The predicted octanol–water partition coefficient (Wildman–Crippen LogP) is 5.04. The number of carbonyl (C=O) groups excluding carboxylic acids is 1. The summed E-state index contributed by atoms with van der Waals surface area (Å²) in [5.41, 5.74) is -1.89. The molecule has 3 rings (SSSR count). The lowest BCUT2D eigenvalue weighted by molar-refractivity contribution is -0.143. The fraction of sp³-hybridized carbons (Fsp3) is 0.381. The fourth-order valence-electron chi connectivity index (χ4n) is 3.33. The highest BCUT2D eigenvalue weighted by atomic mass is 19.4. The monoisotopic (exact) mass is 445 g/mol. The largest absolute Gasteiger partial charge is 0.416 e. The number of hydrogen-bond donors (Lipinski definition) is 1. The molecule has 0 aromatic heterocycles. The second kappa shape index (κ2) is 8.41. The Morgan fingerprint density at radius 2 is 1.42 bits per heavy atom. The zero-order chi connectivity index (χ0) is 23.0. The smallest absolute Gasteiger partial charge is 0.369 e. The second-order valence-corrected chi connectivity index (χ2v) is 7.54. The van der Waals surface area contributed by atoms with Gasteiger partial charge in [-0.2, -0.15) is 26.3 Å². The van der Waals surface area contributed by atoms with E-state index in [9.17, 15) is 31.1 Å². The summed E-state index contributed by atoms with van der Waals surface area (Å²) in [5, 5.41) is 2.42. The van der Waals surface area contributed by atoms with E-state index in [1.165, 1.54) is 0 Å². The van der Waals surface area contributed by atoms with Crippen molar-refractivity contribution in [2.45, 2.75) is 19.3 Å². The van der Waals surface area contributed by atoms with Crippen LogP contribution in [0.1, 0.15) is 27.0 Å². The van der Waals surface area contributed by atoms with Crippen LogP contribution in [0.3, 0.4) is 0 Å². The molecule has 0 aliphatic carbocycles. The van der Waals surface area contributed by atoms with Gasteiger partial charge in [-0.3, -0.25) is 4.79 Å². The summed E-state index contributed by atoms with van der Waals surface area (Å²) < 4.78 is 78.2. The van der Waals surface area contributed by atoms with Gasteiger partial charge in [-0.25, -0.2) is 0 Å². The Bertz CT molecular complexity index is 930. The van der Waals surface area contributed by atoms with Crippen molar-refractivity contribution in [3.8, 4) is 0 Å². The summed E-state index contributed by atoms with van der Waals surface area (Å²) in [6.07, 6.45) is -10.0. The first kappa shape index (κ1) is 22.9. The highest BCUT2D eigenvalue weighted by Crippen LogP contribution is 2.36. The van der Waals surface area contributed by atoms with Crippen molar-refractivity contribution in [1.29, 1.82) is 0 Å². The van der Waals surface area contributed by atoms with Crippen LogP contribution in [0.2, 0.25) is 0 Å². The number of rotatable bonds is 3. The van der Waals surface area contributed by atoms with Crippen molar-refractivity contribution in [3.05, 3.63) is 58.7 Å². The Hall–Kier alpha value is -2.75. The van der Waals surface area contributed by atoms with Gasteiger partial charge in [0, 0.05) is 43.1 Å². The molecule has 168 valence electrons.